The van der Waals surface area contributed by atoms with Crippen molar-refractivity contribution in [2.45, 2.75) is 6.61 Å². The first-order valence-corrected chi connectivity index (χ1v) is 9.50. The Kier molecular flexibility index (Phi) is 6.07. The van der Waals surface area contributed by atoms with Crippen molar-refractivity contribution in [3.8, 4) is 34.3 Å². The Hall–Kier alpha value is -4.27. The molecule has 0 saturated heterocycles. The Morgan fingerprint density at radius 3 is 2.53 bits per heavy atom. The first-order valence-electron chi connectivity index (χ1n) is 9.50. The molecule has 0 radical (unpaired) electrons. The van der Waals surface area contributed by atoms with Crippen molar-refractivity contribution in [1.82, 2.24) is 10.1 Å². The summed E-state index contributed by atoms with van der Waals surface area (Å²) in [5, 5.41) is 3.99. The topological polar surface area (TPSA) is 100 Å². The Bertz CT molecular complexity index is 1240. The van der Waals surface area contributed by atoms with Gasteiger partial charge in [-0.05, 0) is 54.1 Å². The quantitative estimate of drug-likeness (QED) is 0.445. The number of hydrogen-bond acceptors (Lipinski definition) is 6. The molecule has 3 aromatic carbocycles. The van der Waals surface area contributed by atoms with Gasteiger partial charge in [0.2, 0.25) is 5.82 Å². The highest BCUT2D eigenvalue weighted by Gasteiger charge is 2.12. The minimum atomic E-state index is -0.770. The van der Waals surface area contributed by atoms with Crippen LogP contribution in [-0.2, 0) is 11.4 Å². The molecule has 4 rings (SSSR count). The predicted molar refractivity (Wildman–Crippen MR) is 111 cm³/mol. The average molecular weight is 437 g/mol. The highest BCUT2D eigenvalue weighted by Crippen LogP contribution is 2.25. The summed E-state index contributed by atoms with van der Waals surface area (Å²) in [6.07, 6.45) is 0. The van der Waals surface area contributed by atoms with Gasteiger partial charge in [0, 0.05) is 17.2 Å². The fourth-order valence-electron chi connectivity index (χ4n) is 2.86. The Morgan fingerprint density at radius 1 is 0.969 bits per heavy atom. The van der Waals surface area contributed by atoms with Gasteiger partial charge >= 0.3 is 0 Å². The van der Waals surface area contributed by atoms with Crippen LogP contribution < -0.4 is 15.2 Å². The monoisotopic (exact) mass is 437 g/mol. The van der Waals surface area contributed by atoms with Crippen molar-refractivity contribution in [3.63, 3.8) is 0 Å². The molecule has 0 atom stereocenters. The summed E-state index contributed by atoms with van der Waals surface area (Å²) in [4.78, 5) is 15.2. The number of benzene rings is 3. The van der Waals surface area contributed by atoms with Gasteiger partial charge < -0.3 is 19.7 Å². The number of primary amides is 1. The molecule has 7 nitrogen and oxygen atoms in total. The molecule has 1 aromatic heterocycles. The Morgan fingerprint density at radius 2 is 1.78 bits per heavy atom. The minimum Gasteiger partial charge on any atom is -0.486 e. The van der Waals surface area contributed by atoms with Gasteiger partial charge in [0.1, 0.15) is 18.2 Å². The number of amides is 1. The van der Waals surface area contributed by atoms with Crippen molar-refractivity contribution >= 4 is 5.91 Å². The number of carbonyl (C=O) groups excluding carboxylic acids is 1. The summed E-state index contributed by atoms with van der Waals surface area (Å²) in [5.41, 5.74) is 7.14. The van der Waals surface area contributed by atoms with E-state index in [4.69, 9.17) is 19.7 Å². The standard InChI is InChI=1S/C23H17F2N3O4/c24-17-6-9-20(19(25)11-17)31-12-14-2-1-3-16(10-14)23-27-22(28-32-23)15-4-7-18(8-5-15)30-13-21(26)29/h1-11H,12-13H2,(H2,26,29). The molecule has 1 amide bonds. The van der Waals surface area contributed by atoms with Gasteiger partial charge in [-0.2, -0.15) is 4.98 Å². The lowest BCUT2D eigenvalue weighted by Crippen LogP contribution is -2.19. The molecule has 9 heteroatoms. The third kappa shape index (κ3) is 5.07. The first-order chi connectivity index (χ1) is 15.5. The summed E-state index contributed by atoms with van der Waals surface area (Å²) >= 11 is 0. The molecule has 0 aliphatic rings. The molecule has 0 aliphatic heterocycles. The van der Waals surface area contributed by atoms with Gasteiger partial charge in [-0.25, -0.2) is 8.78 Å². The van der Waals surface area contributed by atoms with Gasteiger partial charge in [-0.1, -0.05) is 17.3 Å². The van der Waals surface area contributed by atoms with E-state index in [1.165, 1.54) is 6.07 Å². The van der Waals surface area contributed by atoms with Gasteiger partial charge in [-0.3, -0.25) is 4.79 Å². The first kappa shape index (κ1) is 21.0. The molecule has 0 saturated carbocycles. The zero-order chi connectivity index (χ0) is 22.5. The van der Waals surface area contributed by atoms with E-state index in [1.807, 2.05) is 0 Å². The Labute approximate surface area is 181 Å². The van der Waals surface area contributed by atoms with Gasteiger partial charge in [0.05, 0.1) is 0 Å². The van der Waals surface area contributed by atoms with Crippen LogP contribution in [0.5, 0.6) is 11.5 Å². The molecule has 0 unspecified atom stereocenters. The maximum atomic E-state index is 13.7. The maximum Gasteiger partial charge on any atom is 0.258 e. The molecule has 32 heavy (non-hydrogen) atoms. The lowest BCUT2D eigenvalue weighted by atomic mass is 10.1. The van der Waals surface area contributed by atoms with Crippen LogP contribution >= 0.6 is 0 Å². The summed E-state index contributed by atoms with van der Waals surface area (Å²) in [6, 6.07) is 17.1. The maximum absolute atomic E-state index is 13.7. The molecule has 2 N–H and O–H groups in total. The normalized spacial score (nSPS) is 10.7. The molecular weight excluding hydrogens is 420 g/mol. The van der Waals surface area contributed by atoms with E-state index in [9.17, 15) is 13.6 Å². The zero-order valence-corrected chi connectivity index (χ0v) is 16.6. The zero-order valence-electron chi connectivity index (χ0n) is 16.6. The largest absolute Gasteiger partial charge is 0.486 e. The second-order valence-corrected chi connectivity index (χ2v) is 6.77. The van der Waals surface area contributed by atoms with E-state index in [0.29, 0.717) is 28.6 Å². The number of hydrogen-bond donors (Lipinski definition) is 1. The average Bonchev–Trinajstić information content (AvgIpc) is 3.28. The molecular formula is C23H17F2N3O4. The molecule has 1 heterocycles. The molecule has 162 valence electrons. The van der Waals surface area contributed by atoms with Gasteiger partial charge in [0.15, 0.2) is 18.2 Å². The van der Waals surface area contributed by atoms with Gasteiger partial charge in [-0.15, -0.1) is 0 Å². The van der Waals surface area contributed by atoms with E-state index >= 15 is 0 Å². The lowest BCUT2D eigenvalue weighted by molar-refractivity contribution is -0.119. The number of aromatic nitrogens is 2. The van der Waals surface area contributed by atoms with E-state index in [0.717, 1.165) is 17.7 Å². The number of carbonyl (C=O) groups is 1. The van der Waals surface area contributed by atoms with E-state index in [2.05, 4.69) is 10.1 Å². The highest BCUT2D eigenvalue weighted by atomic mass is 19.1. The molecule has 0 bridgehead atoms. The smallest absolute Gasteiger partial charge is 0.258 e. The van der Waals surface area contributed by atoms with Crippen LogP contribution in [0.25, 0.3) is 22.8 Å². The SMILES string of the molecule is NC(=O)COc1ccc(-c2noc(-c3cccc(COc4ccc(F)cc4F)c3)n2)cc1. The molecule has 0 spiro atoms. The fraction of sp³-hybridized carbons (Fsp3) is 0.0870. The summed E-state index contributed by atoms with van der Waals surface area (Å²) in [5.74, 6) is -0.889. The van der Waals surface area contributed by atoms with Crippen LogP contribution in [0.3, 0.4) is 0 Å². The second-order valence-electron chi connectivity index (χ2n) is 6.77. The number of nitrogens with zero attached hydrogens (tertiary/aromatic N) is 2. The highest BCUT2D eigenvalue weighted by molar-refractivity contribution is 5.75. The van der Waals surface area contributed by atoms with Crippen LogP contribution in [-0.4, -0.2) is 22.7 Å². The van der Waals surface area contributed by atoms with Crippen molar-refractivity contribution in [2.75, 3.05) is 6.61 Å². The van der Waals surface area contributed by atoms with Crippen LogP contribution in [0.1, 0.15) is 5.56 Å². The summed E-state index contributed by atoms with van der Waals surface area (Å²) in [7, 11) is 0. The third-order valence-electron chi connectivity index (χ3n) is 4.38. The van der Waals surface area contributed by atoms with E-state index in [1.54, 1.807) is 48.5 Å². The molecule has 0 aliphatic carbocycles. The predicted octanol–water partition coefficient (Wildman–Crippen LogP) is 4.12. The number of halogens is 2. The Balaban J connectivity index is 1.45. The fourth-order valence-corrected chi connectivity index (χ4v) is 2.86. The van der Waals surface area contributed by atoms with Crippen LogP contribution in [0.4, 0.5) is 8.78 Å². The second kappa shape index (κ2) is 9.25. The van der Waals surface area contributed by atoms with E-state index < -0.39 is 17.5 Å². The number of ether oxygens (including phenoxy) is 2. The van der Waals surface area contributed by atoms with Crippen molar-refractivity contribution in [2.24, 2.45) is 5.73 Å². The number of rotatable bonds is 8. The lowest BCUT2D eigenvalue weighted by Gasteiger charge is -2.08. The van der Waals surface area contributed by atoms with Crippen molar-refractivity contribution in [1.29, 1.82) is 0 Å². The van der Waals surface area contributed by atoms with Gasteiger partial charge in [0.25, 0.3) is 11.8 Å². The van der Waals surface area contributed by atoms with Crippen LogP contribution in [0.15, 0.2) is 71.3 Å². The molecule has 4 aromatic rings. The van der Waals surface area contributed by atoms with E-state index in [-0.39, 0.29) is 19.0 Å². The van der Waals surface area contributed by atoms with Crippen LogP contribution in [0, 0.1) is 11.6 Å². The molecule has 0 fully saturated rings. The van der Waals surface area contributed by atoms with Crippen molar-refractivity contribution < 1.29 is 27.6 Å². The van der Waals surface area contributed by atoms with Crippen molar-refractivity contribution in [3.05, 3.63) is 83.9 Å². The number of nitrogens with two attached hydrogens (primary N) is 1. The van der Waals surface area contributed by atoms with Crippen LogP contribution in [0.2, 0.25) is 0 Å². The summed E-state index contributed by atoms with van der Waals surface area (Å²) in [6.45, 7) is -0.135. The third-order valence-corrected chi connectivity index (χ3v) is 4.38. The minimum absolute atomic E-state index is 0.0415. The summed E-state index contributed by atoms with van der Waals surface area (Å²) < 4.78 is 42.8.